The molecule has 0 aliphatic carbocycles. The molecular weight excluding hydrogens is 494 g/mol. The summed E-state index contributed by atoms with van der Waals surface area (Å²) in [5, 5.41) is 22.2. The number of esters is 1. The highest BCUT2D eigenvalue weighted by Crippen LogP contribution is 2.34. The number of hydrogen-bond donors (Lipinski definition) is 5. The van der Waals surface area contributed by atoms with Crippen LogP contribution in [0.25, 0.3) is 0 Å². The Balaban J connectivity index is 1.65. The van der Waals surface area contributed by atoms with Crippen LogP contribution in [0.3, 0.4) is 0 Å². The van der Waals surface area contributed by atoms with E-state index in [2.05, 4.69) is 26.5 Å². The second-order valence-corrected chi connectivity index (χ2v) is 8.22. The molecule has 202 valence electrons. The molecule has 38 heavy (non-hydrogen) atoms. The Hall–Kier alpha value is -4.58. The molecule has 2 aromatic carbocycles. The molecule has 12 heteroatoms. The molecule has 0 spiro atoms. The maximum atomic E-state index is 12.4. The van der Waals surface area contributed by atoms with E-state index in [1.165, 1.54) is 20.2 Å². The quantitative estimate of drug-likeness (QED) is 0.129. The third-order valence-electron chi connectivity index (χ3n) is 5.34. The fourth-order valence-electron chi connectivity index (χ4n) is 3.68. The van der Waals surface area contributed by atoms with Crippen LogP contribution in [0.2, 0.25) is 0 Å². The van der Waals surface area contributed by atoms with Gasteiger partial charge in [0, 0.05) is 18.3 Å². The van der Waals surface area contributed by atoms with E-state index >= 15 is 0 Å². The zero-order valence-corrected chi connectivity index (χ0v) is 21.5. The van der Waals surface area contributed by atoms with Gasteiger partial charge in [0.2, 0.25) is 5.91 Å². The monoisotopic (exact) mass is 525 g/mol. The molecule has 0 saturated heterocycles. The summed E-state index contributed by atoms with van der Waals surface area (Å²) < 4.78 is 16.3. The van der Waals surface area contributed by atoms with E-state index in [0.717, 1.165) is 5.56 Å². The molecule has 5 N–H and O–H groups in total. The van der Waals surface area contributed by atoms with Crippen molar-refractivity contribution in [3.05, 3.63) is 64.9 Å². The number of hydrogen-bond acceptors (Lipinski definition) is 9. The van der Waals surface area contributed by atoms with Gasteiger partial charge >= 0.3 is 12.0 Å². The lowest BCUT2D eigenvalue weighted by atomic mass is 9.95. The van der Waals surface area contributed by atoms with Crippen LogP contribution >= 0.6 is 0 Å². The van der Waals surface area contributed by atoms with Gasteiger partial charge in [-0.3, -0.25) is 10.2 Å². The Morgan fingerprint density at radius 1 is 1.16 bits per heavy atom. The predicted octanol–water partition coefficient (Wildman–Crippen LogP) is 2.17. The Bertz CT molecular complexity index is 1230. The lowest BCUT2D eigenvalue weighted by Gasteiger charge is -2.28. The third-order valence-corrected chi connectivity index (χ3v) is 5.34. The Labute approximate surface area is 220 Å². The summed E-state index contributed by atoms with van der Waals surface area (Å²) >= 11 is 0. The minimum absolute atomic E-state index is 0.144. The SMILES string of the molecule is CCOc1cc([C@H]2NC(=O)NC(C)=C2C(=O)OC)ccc1OC[C@H](O)N/N=C\c1ccc(NC(C)=O)cc1. The Morgan fingerprint density at radius 3 is 2.55 bits per heavy atom. The van der Waals surface area contributed by atoms with Crippen LogP contribution in [0.4, 0.5) is 10.5 Å². The average Bonchev–Trinajstić information content (AvgIpc) is 2.88. The largest absolute Gasteiger partial charge is 0.490 e. The molecule has 3 amide bonds. The Kier molecular flexibility index (Phi) is 9.66. The van der Waals surface area contributed by atoms with Crippen LogP contribution in [0.15, 0.2) is 58.8 Å². The van der Waals surface area contributed by atoms with Crippen molar-refractivity contribution in [3.8, 4) is 11.5 Å². The number of carbonyl (C=O) groups is 3. The van der Waals surface area contributed by atoms with Gasteiger partial charge < -0.3 is 35.3 Å². The van der Waals surface area contributed by atoms with Gasteiger partial charge in [-0.2, -0.15) is 5.10 Å². The number of rotatable bonds is 11. The van der Waals surface area contributed by atoms with Crippen LogP contribution in [-0.4, -0.2) is 55.8 Å². The third kappa shape index (κ3) is 7.46. The summed E-state index contributed by atoms with van der Waals surface area (Å²) in [6, 6.07) is 10.8. The number of ether oxygens (including phenoxy) is 3. The highest BCUT2D eigenvalue weighted by molar-refractivity contribution is 5.95. The highest BCUT2D eigenvalue weighted by Gasteiger charge is 2.32. The van der Waals surface area contributed by atoms with Gasteiger partial charge in [-0.1, -0.05) is 18.2 Å². The number of methoxy groups -OCH3 is 1. The molecule has 0 aromatic heterocycles. The van der Waals surface area contributed by atoms with Crippen molar-refractivity contribution in [1.29, 1.82) is 0 Å². The van der Waals surface area contributed by atoms with E-state index in [4.69, 9.17) is 14.2 Å². The number of aliphatic hydroxyl groups is 1. The topological polar surface area (TPSA) is 160 Å². The van der Waals surface area contributed by atoms with Gasteiger partial charge in [0.05, 0.1) is 31.5 Å². The number of urea groups is 1. The average molecular weight is 526 g/mol. The van der Waals surface area contributed by atoms with Gasteiger partial charge in [-0.25, -0.2) is 9.59 Å². The van der Waals surface area contributed by atoms with Crippen molar-refractivity contribution >= 4 is 29.8 Å². The lowest BCUT2D eigenvalue weighted by molar-refractivity contribution is -0.136. The molecule has 1 heterocycles. The van der Waals surface area contributed by atoms with Gasteiger partial charge in [-0.05, 0) is 49.2 Å². The fraction of sp³-hybridized carbons (Fsp3) is 0.308. The molecule has 0 unspecified atom stereocenters. The van der Waals surface area contributed by atoms with Crippen LogP contribution < -0.4 is 30.8 Å². The normalized spacial score (nSPS) is 15.8. The van der Waals surface area contributed by atoms with Gasteiger partial charge in [0.1, 0.15) is 6.61 Å². The first-order valence-corrected chi connectivity index (χ1v) is 11.8. The summed E-state index contributed by atoms with van der Waals surface area (Å²) in [6.07, 6.45) is 0.391. The van der Waals surface area contributed by atoms with E-state index in [1.54, 1.807) is 56.3 Å². The van der Waals surface area contributed by atoms with Crippen molar-refractivity contribution in [2.45, 2.75) is 33.0 Å². The number of benzene rings is 2. The molecule has 0 radical (unpaired) electrons. The van der Waals surface area contributed by atoms with E-state index in [1.807, 2.05) is 0 Å². The zero-order chi connectivity index (χ0) is 27.7. The zero-order valence-electron chi connectivity index (χ0n) is 21.5. The first kappa shape index (κ1) is 28.0. The Morgan fingerprint density at radius 2 is 1.89 bits per heavy atom. The summed E-state index contributed by atoms with van der Waals surface area (Å²) in [7, 11) is 1.27. The number of aliphatic hydroxyl groups excluding tert-OH is 1. The number of nitrogens with zero attached hydrogens (tertiary/aromatic N) is 1. The molecule has 2 aromatic rings. The number of carbonyl (C=O) groups excluding carboxylic acids is 3. The molecule has 0 fully saturated rings. The minimum atomic E-state index is -1.13. The fourth-order valence-corrected chi connectivity index (χ4v) is 3.68. The summed E-state index contributed by atoms with van der Waals surface area (Å²) in [4.78, 5) is 35.5. The lowest BCUT2D eigenvalue weighted by Crippen LogP contribution is -2.45. The first-order valence-electron chi connectivity index (χ1n) is 11.8. The van der Waals surface area contributed by atoms with E-state index in [0.29, 0.717) is 35.1 Å². The van der Waals surface area contributed by atoms with Crippen LogP contribution in [0.1, 0.15) is 37.9 Å². The molecule has 0 saturated carbocycles. The number of nitrogens with one attached hydrogen (secondary N) is 4. The van der Waals surface area contributed by atoms with Crippen molar-refractivity contribution < 1.29 is 33.7 Å². The minimum Gasteiger partial charge on any atom is -0.490 e. The van der Waals surface area contributed by atoms with Crippen molar-refractivity contribution in [3.63, 3.8) is 0 Å². The summed E-state index contributed by atoms with van der Waals surface area (Å²) in [6.45, 7) is 5.05. The summed E-state index contributed by atoms with van der Waals surface area (Å²) in [5.74, 6) is -0.00448. The van der Waals surface area contributed by atoms with E-state index in [-0.39, 0.29) is 18.1 Å². The molecular formula is C26H31N5O7. The number of anilines is 1. The van der Waals surface area contributed by atoms with Crippen molar-refractivity contribution in [2.24, 2.45) is 5.10 Å². The van der Waals surface area contributed by atoms with Gasteiger partial charge in [-0.15, -0.1) is 0 Å². The molecule has 12 nitrogen and oxygen atoms in total. The molecule has 3 rings (SSSR count). The second-order valence-electron chi connectivity index (χ2n) is 8.22. The second kappa shape index (κ2) is 13.1. The van der Waals surface area contributed by atoms with Crippen LogP contribution in [0, 0.1) is 0 Å². The van der Waals surface area contributed by atoms with Crippen LogP contribution in [0.5, 0.6) is 11.5 Å². The molecule has 1 aliphatic heterocycles. The number of allylic oxidation sites excluding steroid dienone is 1. The van der Waals surface area contributed by atoms with Crippen molar-refractivity contribution in [1.82, 2.24) is 16.1 Å². The van der Waals surface area contributed by atoms with E-state index in [9.17, 15) is 19.5 Å². The first-order chi connectivity index (χ1) is 18.2. The molecule has 0 bridgehead atoms. The summed E-state index contributed by atoms with van der Waals surface area (Å²) in [5.41, 5.74) is 5.25. The van der Waals surface area contributed by atoms with Crippen molar-refractivity contribution in [2.75, 3.05) is 25.6 Å². The maximum absolute atomic E-state index is 12.4. The predicted molar refractivity (Wildman–Crippen MR) is 140 cm³/mol. The van der Waals surface area contributed by atoms with E-state index < -0.39 is 24.3 Å². The number of amides is 3. The smallest absolute Gasteiger partial charge is 0.337 e. The van der Waals surface area contributed by atoms with Gasteiger partial charge in [0.25, 0.3) is 0 Å². The highest BCUT2D eigenvalue weighted by atomic mass is 16.5. The van der Waals surface area contributed by atoms with Gasteiger partial charge in [0.15, 0.2) is 17.7 Å². The molecule has 2 atom stereocenters. The van der Waals surface area contributed by atoms with Crippen LogP contribution in [-0.2, 0) is 14.3 Å². The maximum Gasteiger partial charge on any atom is 0.337 e. The molecule has 1 aliphatic rings. The number of hydrazone groups is 1. The standard InChI is InChI=1S/C26H31N5O7/c1-5-37-21-12-18(24-23(25(34)36-4)15(2)28-26(35)30-24)8-11-20(21)38-14-22(33)31-27-13-17-6-9-19(10-7-17)29-16(3)32/h6-13,22,24,31,33H,5,14H2,1-4H3,(H,29,32)(H2,28,30,35)/b27-13-/t22-,24+/m0/s1.